The Morgan fingerprint density at radius 2 is 2.20 bits per heavy atom. The van der Waals surface area contributed by atoms with Crippen LogP contribution in [0, 0.1) is 5.92 Å². The van der Waals surface area contributed by atoms with Gasteiger partial charge in [0.15, 0.2) is 0 Å². The van der Waals surface area contributed by atoms with E-state index in [1.807, 2.05) is 13.8 Å². The van der Waals surface area contributed by atoms with Crippen LogP contribution in [0.1, 0.15) is 26.7 Å². The minimum atomic E-state index is -0.217. The molecule has 0 radical (unpaired) electrons. The highest BCUT2D eigenvalue weighted by Gasteiger charge is 2.11. The number of rotatable bonds is 4. The van der Waals surface area contributed by atoms with Crippen molar-refractivity contribution in [3.05, 3.63) is 12.2 Å². The third-order valence-corrected chi connectivity index (χ3v) is 1.49. The van der Waals surface area contributed by atoms with E-state index in [0.717, 1.165) is 18.4 Å². The highest BCUT2D eigenvalue weighted by Crippen LogP contribution is 2.12. The molecule has 2 heteroatoms. The van der Waals surface area contributed by atoms with E-state index in [-0.39, 0.29) is 11.8 Å². The predicted molar refractivity (Wildman–Crippen MR) is 42.4 cm³/mol. The highest BCUT2D eigenvalue weighted by molar-refractivity contribution is 5.76. The van der Waals surface area contributed by atoms with Crippen molar-refractivity contribution in [3.8, 4) is 0 Å². The van der Waals surface area contributed by atoms with Crippen LogP contribution in [0.5, 0.6) is 0 Å². The van der Waals surface area contributed by atoms with Gasteiger partial charge in [0.25, 0.3) is 0 Å². The summed E-state index contributed by atoms with van der Waals surface area (Å²) < 4.78 is 0. The fraction of sp³-hybridized carbons (Fsp3) is 0.625. The van der Waals surface area contributed by atoms with Gasteiger partial charge in [-0.25, -0.2) is 0 Å². The van der Waals surface area contributed by atoms with Crippen LogP contribution in [-0.2, 0) is 4.79 Å². The van der Waals surface area contributed by atoms with Gasteiger partial charge in [-0.15, -0.1) is 6.58 Å². The molecule has 58 valence electrons. The highest BCUT2D eigenvalue weighted by atomic mass is 16.1. The summed E-state index contributed by atoms with van der Waals surface area (Å²) in [5.41, 5.74) is 6.13. The summed E-state index contributed by atoms with van der Waals surface area (Å²) in [4.78, 5) is 10.6. The topological polar surface area (TPSA) is 43.1 Å². The zero-order chi connectivity index (χ0) is 8.15. The van der Waals surface area contributed by atoms with Crippen molar-refractivity contribution in [2.75, 3.05) is 0 Å². The predicted octanol–water partition coefficient (Wildman–Crippen LogP) is 1.46. The van der Waals surface area contributed by atoms with Gasteiger partial charge in [-0.3, -0.25) is 4.79 Å². The van der Waals surface area contributed by atoms with Crippen molar-refractivity contribution >= 4 is 5.91 Å². The lowest BCUT2D eigenvalue weighted by Gasteiger charge is -2.08. The van der Waals surface area contributed by atoms with Gasteiger partial charge in [-0.2, -0.15) is 0 Å². The van der Waals surface area contributed by atoms with E-state index in [1.54, 1.807) is 0 Å². The molecule has 0 aromatic heterocycles. The minimum Gasteiger partial charge on any atom is -0.369 e. The Bertz CT molecular complexity index is 140. The molecule has 0 heterocycles. The van der Waals surface area contributed by atoms with E-state index in [2.05, 4.69) is 6.58 Å². The Hall–Kier alpha value is -0.790. The van der Waals surface area contributed by atoms with Crippen LogP contribution in [0.3, 0.4) is 0 Å². The molecule has 0 saturated carbocycles. The molecule has 2 N–H and O–H groups in total. The zero-order valence-electron chi connectivity index (χ0n) is 6.68. The standard InChI is InChI=1S/C8H15NO/c1-4-7(8(9)10)5-6(2)3/h7H,2,4-5H2,1,3H3,(H2,9,10). The lowest BCUT2D eigenvalue weighted by atomic mass is 9.98. The fourth-order valence-electron chi connectivity index (χ4n) is 0.867. The lowest BCUT2D eigenvalue weighted by Crippen LogP contribution is -2.22. The monoisotopic (exact) mass is 141 g/mol. The molecule has 2 nitrogen and oxygen atoms in total. The largest absolute Gasteiger partial charge is 0.369 e. The number of carbonyl (C=O) groups excluding carboxylic acids is 1. The molecule has 1 atom stereocenters. The van der Waals surface area contributed by atoms with Crippen LogP contribution >= 0.6 is 0 Å². The van der Waals surface area contributed by atoms with Crippen LogP contribution in [0.25, 0.3) is 0 Å². The summed E-state index contributed by atoms with van der Waals surface area (Å²) in [6.07, 6.45) is 1.54. The molecule has 0 aliphatic rings. The van der Waals surface area contributed by atoms with Crippen molar-refractivity contribution in [1.29, 1.82) is 0 Å². The molecule has 0 aromatic carbocycles. The van der Waals surface area contributed by atoms with Gasteiger partial charge in [0.2, 0.25) is 5.91 Å². The van der Waals surface area contributed by atoms with E-state index in [0.29, 0.717) is 0 Å². The van der Waals surface area contributed by atoms with E-state index < -0.39 is 0 Å². The number of hydrogen-bond donors (Lipinski definition) is 1. The van der Waals surface area contributed by atoms with E-state index >= 15 is 0 Å². The van der Waals surface area contributed by atoms with Gasteiger partial charge < -0.3 is 5.73 Å². The average molecular weight is 141 g/mol. The van der Waals surface area contributed by atoms with Gasteiger partial charge in [0.1, 0.15) is 0 Å². The first kappa shape index (κ1) is 9.21. The lowest BCUT2D eigenvalue weighted by molar-refractivity contribution is -0.121. The first-order valence-corrected chi connectivity index (χ1v) is 3.51. The van der Waals surface area contributed by atoms with Gasteiger partial charge in [-0.1, -0.05) is 12.5 Å². The second-order valence-corrected chi connectivity index (χ2v) is 2.67. The summed E-state index contributed by atoms with van der Waals surface area (Å²) >= 11 is 0. The normalized spacial score (nSPS) is 12.6. The number of nitrogens with two attached hydrogens (primary N) is 1. The SMILES string of the molecule is C=C(C)CC(CC)C(N)=O. The van der Waals surface area contributed by atoms with Gasteiger partial charge in [0.05, 0.1) is 0 Å². The first-order valence-electron chi connectivity index (χ1n) is 3.51. The molecule has 0 spiro atoms. The molecule has 0 rings (SSSR count). The molecular weight excluding hydrogens is 126 g/mol. The molecule has 10 heavy (non-hydrogen) atoms. The average Bonchev–Trinajstić information content (AvgIpc) is 1.81. The first-order chi connectivity index (χ1) is 4.57. The molecule has 0 bridgehead atoms. The molecule has 0 aliphatic carbocycles. The van der Waals surface area contributed by atoms with E-state index in [1.165, 1.54) is 0 Å². The van der Waals surface area contributed by atoms with Crippen molar-refractivity contribution in [3.63, 3.8) is 0 Å². The maximum Gasteiger partial charge on any atom is 0.220 e. The van der Waals surface area contributed by atoms with Crippen molar-refractivity contribution in [2.45, 2.75) is 26.7 Å². The summed E-state index contributed by atoms with van der Waals surface area (Å²) in [6.45, 7) is 7.58. The van der Waals surface area contributed by atoms with Gasteiger partial charge in [-0.05, 0) is 19.8 Å². The second kappa shape index (κ2) is 4.09. The Morgan fingerprint density at radius 1 is 1.70 bits per heavy atom. The summed E-state index contributed by atoms with van der Waals surface area (Å²) in [5, 5.41) is 0. The zero-order valence-corrected chi connectivity index (χ0v) is 6.68. The summed E-state index contributed by atoms with van der Waals surface area (Å²) in [6, 6.07) is 0. The molecule has 1 unspecified atom stereocenters. The van der Waals surface area contributed by atoms with Crippen molar-refractivity contribution < 1.29 is 4.79 Å². The maximum absolute atomic E-state index is 10.6. The van der Waals surface area contributed by atoms with Gasteiger partial charge >= 0.3 is 0 Å². The van der Waals surface area contributed by atoms with Crippen LogP contribution in [0.4, 0.5) is 0 Å². The number of carbonyl (C=O) groups is 1. The quantitative estimate of drug-likeness (QED) is 0.592. The van der Waals surface area contributed by atoms with Crippen molar-refractivity contribution in [1.82, 2.24) is 0 Å². The smallest absolute Gasteiger partial charge is 0.220 e. The Balaban J connectivity index is 3.83. The van der Waals surface area contributed by atoms with Crippen LogP contribution in [0.15, 0.2) is 12.2 Å². The van der Waals surface area contributed by atoms with Crippen LogP contribution in [0.2, 0.25) is 0 Å². The van der Waals surface area contributed by atoms with E-state index in [9.17, 15) is 4.79 Å². The molecule has 0 aliphatic heterocycles. The Kier molecular flexibility index (Phi) is 3.77. The van der Waals surface area contributed by atoms with Crippen LogP contribution in [-0.4, -0.2) is 5.91 Å². The number of amides is 1. The summed E-state index contributed by atoms with van der Waals surface area (Å²) in [5.74, 6) is -0.233. The Morgan fingerprint density at radius 3 is 2.30 bits per heavy atom. The molecule has 0 aromatic rings. The number of primary amides is 1. The number of hydrogen-bond acceptors (Lipinski definition) is 1. The van der Waals surface area contributed by atoms with Crippen molar-refractivity contribution in [2.24, 2.45) is 11.7 Å². The van der Waals surface area contributed by atoms with E-state index in [4.69, 9.17) is 5.73 Å². The van der Waals surface area contributed by atoms with Crippen LogP contribution < -0.4 is 5.73 Å². The molecular formula is C8H15NO. The second-order valence-electron chi connectivity index (χ2n) is 2.67. The third kappa shape index (κ3) is 3.28. The van der Waals surface area contributed by atoms with Gasteiger partial charge in [0, 0.05) is 5.92 Å². The number of allylic oxidation sites excluding steroid dienone is 1. The molecule has 1 amide bonds. The third-order valence-electron chi connectivity index (χ3n) is 1.49. The maximum atomic E-state index is 10.6. The Labute approximate surface area is 62.1 Å². The summed E-state index contributed by atoms with van der Waals surface area (Å²) in [7, 11) is 0. The molecule has 0 fully saturated rings. The minimum absolute atomic E-state index is 0.0162. The fourth-order valence-corrected chi connectivity index (χ4v) is 0.867. The molecule has 0 saturated heterocycles.